The fourth-order valence-corrected chi connectivity index (χ4v) is 7.65. The van der Waals surface area contributed by atoms with E-state index in [4.69, 9.17) is 13.8 Å². The van der Waals surface area contributed by atoms with Crippen LogP contribution in [0.15, 0.2) is 118 Å². The molecule has 0 fully saturated rings. The van der Waals surface area contributed by atoms with Gasteiger partial charge < -0.3 is 17.8 Å². The normalized spacial score (nSPS) is 12.8. The third-order valence-corrected chi connectivity index (χ3v) is 9.46. The predicted molar refractivity (Wildman–Crippen MR) is 175 cm³/mol. The molecule has 0 saturated heterocycles. The fourth-order valence-electron chi connectivity index (χ4n) is 7.65. The van der Waals surface area contributed by atoms with Gasteiger partial charge in [0.25, 0.3) is 0 Å². The first kappa shape index (κ1) is 21.9. The maximum absolute atomic E-state index is 6.56. The van der Waals surface area contributed by atoms with Crippen LogP contribution in [-0.2, 0) is 7.05 Å². The molecule has 0 N–H and O–H groups in total. The molecule has 11 rings (SSSR count). The van der Waals surface area contributed by atoms with Crippen molar-refractivity contribution in [3.63, 3.8) is 0 Å². The van der Waals surface area contributed by atoms with Gasteiger partial charge in [-0.05, 0) is 42.5 Å². The fraction of sp³-hybridized carbons (Fsp3) is 0.0263. The van der Waals surface area contributed by atoms with Crippen molar-refractivity contribution in [2.45, 2.75) is 0 Å². The molecule has 0 aliphatic rings. The average Bonchev–Trinajstić information content (AvgIpc) is 3.83. The van der Waals surface area contributed by atoms with Crippen LogP contribution in [-0.4, -0.2) is 14.0 Å². The van der Waals surface area contributed by atoms with E-state index in [-0.39, 0.29) is 0 Å². The van der Waals surface area contributed by atoms with Crippen molar-refractivity contribution >= 4 is 93.0 Å². The van der Waals surface area contributed by atoms with Gasteiger partial charge in [0.1, 0.15) is 28.2 Å². The van der Waals surface area contributed by atoms with Crippen LogP contribution in [0.2, 0.25) is 0 Å². The van der Waals surface area contributed by atoms with Gasteiger partial charge >= 0.3 is 0 Å². The Bertz CT molecular complexity index is 2970. The zero-order chi connectivity index (χ0) is 28.0. The van der Waals surface area contributed by atoms with E-state index >= 15 is 0 Å². The third kappa shape index (κ3) is 2.53. The van der Waals surface area contributed by atoms with E-state index in [0.717, 1.165) is 66.3 Å². The number of nitrogens with zero attached hydrogens (tertiary/aromatic N) is 3. The van der Waals surface area contributed by atoms with Crippen LogP contribution in [0.4, 0.5) is 0 Å². The summed E-state index contributed by atoms with van der Waals surface area (Å²) in [6, 6.07) is 38.5. The molecule has 43 heavy (non-hydrogen) atoms. The molecule has 0 unspecified atom stereocenters. The van der Waals surface area contributed by atoms with E-state index in [9.17, 15) is 0 Å². The van der Waals surface area contributed by atoms with E-state index in [2.05, 4.69) is 113 Å². The molecule has 0 bridgehead atoms. The lowest BCUT2D eigenvalue weighted by molar-refractivity contribution is 0.669. The van der Waals surface area contributed by atoms with E-state index in [1.165, 1.54) is 38.1 Å². The van der Waals surface area contributed by atoms with Crippen LogP contribution in [0.5, 0.6) is 0 Å². The molecule has 0 saturated carbocycles. The Hall–Kier alpha value is -5.81. The first-order valence-electron chi connectivity index (χ1n) is 14.5. The van der Waals surface area contributed by atoms with E-state index in [1.807, 2.05) is 12.1 Å². The van der Waals surface area contributed by atoms with Gasteiger partial charge in [-0.25, -0.2) is 4.98 Å². The lowest BCUT2D eigenvalue weighted by atomic mass is 10.1. The number of rotatable bonds is 1. The first-order valence-corrected chi connectivity index (χ1v) is 14.5. The Kier molecular flexibility index (Phi) is 3.73. The van der Waals surface area contributed by atoms with Crippen molar-refractivity contribution in [1.29, 1.82) is 0 Å². The highest BCUT2D eigenvalue weighted by Gasteiger charge is 2.23. The number of benzene rings is 6. The SMILES string of the molecule is Cn1c(-c2cccc3c2oc2ccccc23)nc2ccc3oc4cc5c6cccc7c8ccccc8n(c5cc4c3c21)c76. The van der Waals surface area contributed by atoms with Crippen LogP contribution in [0.1, 0.15) is 0 Å². The minimum atomic E-state index is 0.856. The predicted octanol–water partition coefficient (Wildman–Crippen LogP) is 10.2. The van der Waals surface area contributed by atoms with Gasteiger partial charge in [-0.2, -0.15) is 0 Å². The topological polar surface area (TPSA) is 48.5 Å². The average molecular weight is 552 g/mol. The Labute approximate surface area is 243 Å². The maximum Gasteiger partial charge on any atom is 0.146 e. The molecule has 0 radical (unpaired) electrons. The number of aryl methyl sites for hydroxylation is 1. The summed E-state index contributed by atoms with van der Waals surface area (Å²) < 4.78 is 17.6. The Morgan fingerprint density at radius 1 is 0.535 bits per heavy atom. The van der Waals surface area contributed by atoms with Crippen molar-refractivity contribution in [3.8, 4) is 11.4 Å². The molecule has 5 heteroatoms. The standard InChI is InChI=1S/C38H21N3O2/c1-40-36-28(39-38(40)25-13-7-12-24-21-9-3-5-15-31(21)43-37(24)25)16-17-32-34(36)27-18-30-26(19-33(27)42-32)23-11-6-10-22-20-8-2-4-14-29(20)41(30)35(22)23/h2-19H,1H3. The van der Waals surface area contributed by atoms with Gasteiger partial charge in [0.2, 0.25) is 0 Å². The first-order chi connectivity index (χ1) is 21.2. The lowest BCUT2D eigenvalue weighted by Crippen LogP contribution is -1.93. The largest absolute Gasteiger partial charge is 0.456 e. The summed E-state index contributed by atoms with van der Waals surface area (Å²) in [4.78, 5) is 5.16. The van der Waals surface area contributed by atoms with Crippen LogP contribution in [0.25, 0.3) is 104 Å². The van der Waals surface area contributed by atoms with Gasteiger partial charge in [0.15, 0.2) is 0 Å². The highest BCUT2D eigenvalue weighted by atomic mass is 16.3. The molecular formula is C38H21N3O2. The summed E-state index contributed by atoms with van der Waals surface area (Å²) in [5.74, 6) is 0.869. The lowest BCUT2D eigenvalue weighted by Gasteiger charge is -2.04. The van der Waals surface area contributed by atoms with Crippen molar-refractivity contribution < 1.29 is 8.83 Å². The molecule has 6 aromatic carbocycles. The molecule has 5 nitrogen and oxygen atoms in total. The molecule has 0 amide bonds. The second-order valence-electron chi connectivity index (χ2n) is 11.6. The number of hydrogen-bond acceptors (Lipinski definition) is 3. The minimum absolute atomic E-state index is 0.856. The number of aromatic nitrogens is 3. The van der Waals surface area contributed by atoms with Crippen LogP contribution < -0.4 is 0 Å². The highest BCUT2D eigenvalue weighted by molar-refractivity contribution is 6.27. The van der Waals surface area contributed by atoms with Gasteiger partial charge in [0.05, 0.1) is 38.5 Å². The van der Waals surface area contributed by atoms with Gasteiger partial charge in [-0.15, -0.1) is 0 Å². The maximum atomic E-state index is 6.56. The summed E-state index contributed by atoms with van der Waals surface area (Å²) in [5, 5.41) is 9.40. The smallest absolute Gasteiger partial charge is 0.146 e. The molecule has 5 aromatic heterocycles. The van der Waals surface area contributed by atoms with E-state index in [0.29, 0.717) is 0 Å². The molecule has 0 aliphatic carbocycles. The number of fused-ring (bicyclic) bond motifs is 14. The second kappa shape index (κ2) is 7.33. The van der Waals surface area contributed by atoms with Gasteiger partial charge in [-0.1, -0.05) is 66.7 Å². The molecule has 0 aliphatic heterocycles. The quantitative estimate of drug-likeness (QED) is 0.204. The van der Waals surface area contributed by atoms with E-state index < -0.39 is 0 Å². The highest BCUT2D eigenvalue weighted by Crippen LogP contribution is 2.44. The van der Waals surface area contributed by atoms with E-state index in [1.54, 1.807) is 0 Å². The van der Waals surface area contributed by atoms with Crippen molar-refractivity contribution in [1.82, 2.24) is 14.0 Å². The van der Waals surface area contributed by atoms with Crippen molar-refractivity contribution in [3.05, 3.63) is 109 Å². The zero-order valence-corrected chi connectivity index (χ0v) is 23.1. The summed E-state index contributed by atoms with van der Waals surface area (Å²) in [6.45, 7) is 0. The molecule has 200 valence electrons. The Morgan fingerprint density at radius 3 is 2.23 bits per heavy atom. The Morgan fingerprint density at radius 2 is 1.30 bits per heavy atom. The third-order valence-electron chi connectivity index (χ3n) is 9.46. The van der Waals surface area contributed by atoms with Crippen LogP contribution in [0, 0.1) is 0 Å². The van der Waals surface area contributed by atoms with Crippen molar-refractivity contribution in [2.24, 2.45) is 7.05 Å². The minimum Gasteiger partial charge on any atom is -0.456 e. The number of hydrogen-bond donors (Lipinski definition) is 0. The van der Waals surface area contributed by atoms with Gasteiger partial charge in [-0.3, -0.25) is 0 Å². The number of furan rings is 2. The molecule has 11 aromatic rings. The van der Waals surface area contributed by atoms with Crippen LogP contribution >= 0.6 is 0 Å². The molecule has 0 atom stereocenters. The van der Waals surface area contributed by atoms with Gasteiger partial charge in [0, 0.05) is 44.8 Å². The number of para-hydroxylation sites is 4. The number of imidazole rings is 1. The monoisotopic (exact) mass is 551 g/mol. The second-order valence-corrected chi connectivity index (χ2v) is 11.6. The summed E-state index contributed by atoms with van der Waals surface area (Å²) >= 11 is 0. The molecule has 0 spiro atoms. The van der Waals surface area contributed by atoms with Crippen molar-refractivity contribution in [2.75, 3.05) is 0 Å². The van der Waals surface area contributed by atoms with Crippen LogP contribution in [0.3, 0.4) is 0 Å². The summed E-state index contributed by atoms with van der Waals surface area (Å²) in [6.07, 6.45) is 0. The zero-order valence-electron chi connectivity index (χ0n) is 23.1. The summed E-state index contributed by atoms with van der Waals surface area (Å²) in [5.41, 5.74) is 10.1. The summed E-state index contributed by atoms with van der Waals surface area (Å²) in [7, 11) is 2.09. The molecular weight excluding hydrogens is 530 g/mol. The molecule has 5 heterocycles. The Balaban J connectivity index is 1.26.